The van der Waals surface area contributed by atoms with E-state index >= 15 is 0 Å². The Labute approximate surface area is 214 Å². The van der Waals surface area contributed by atoms with Crippen LogP contribution in [0.3, 0.4) is 0 Å². The Morgan fingerprint density at radius 2 is 0.861 bits per heavy atom. The van der Waals surface area contributed by atoms with Crippen molar-refractivity contribution >= 4 is 0 Å². The van der Waals surface area contributed by atoms with Crippen LogP contribution in [0.2, 0.25) is 0 Å². The molecule has 0 fully saturated rings. The van der Waals surface area contributed by atoms with Gasteiger partial charge in [-0.2, -0.15) is 0 Å². The van der Waals surface area contributed by atoms with Crippen molar-refractivity contribution in [3.05, 3.63) is 107 Å². The molecule has 0 saturated carbocycles. The van der Waals surface area contributed by atoms with E-state index in [4.69, 9.17) is 10.2 Å². The lowest BCUT2D eigenvalue weighted by Crippen LogP contribution is -2.17. The van der Waals surface area contributed by atoms with E-state index in [1.165, 1.54) is 55.6 Å². The number of nitrogens with one attached hydrogen (secondary N) is 2. The Morgan fingerprint density at radius 1 is 0.500 bits per heavy atom. The van der Waals surface area contributed by atoms with Crippen LogP contribution in [0.1, 0.15) is 22.3 Å². The summed E-state index contributed by atoms with van der Waals surface area (Å²) in [5, 5.41) is 24.4. The highest BCUT2D eigenvalue weighted by Gasteiger charge is 2.13. The maximum absolute atomic E-state index is 8.96. The lowest BCUT2D eigenvalue weighted by Gasteiger charge is -2.17. The molecule has 0 radical (unpaired) electrons. The third-order valence-corrected chi connectivity index (χ3v) is 6.72. The van der Waals surface area contributed by atoms with Gasteiger partial charge in [-0.25, -0.2) is 0 Å². The quantitative estimate of drug-likeness (QED) is 0.215. The first kappa shape index (κ1) is 25.8. The highest BCUT2D eigenvalue weighted by atomic mass is 16.3. The van der Waals surface area contributed by atoms with Gasteiger partial charge in [-0.05, 0) is 69.5 Å². The second-order valence-electron chi connectivity index (χ2n) is 9.15. The van der Waals surface area contributed by atoms with Crippen LogP contribution in [0, 0.1) is 13.8 Å². The van der Waals surface area contributed by atoms with E-state index in [0.717, 1.165) is 13.1 Å². The zero-order valence-corrected chi connectivity index (χ0v) is 21.2. The van der Waals surface area contributed by atoms with Crippen LogP contribution in [-0.2, 0) is 13.1 Å². The molecular formula is C32H36N2O2. The van der Waals surface area contributed by atoms with E-state index in [-0.39, 0.29) is 13.2 Å². The molecule has 0 atom stereocenters. The molecule has 4 nitrogen and oxygen atoms in total. The Hall–Kier alpha value is -3.28. The molecule has 0 bridgehead atoms. The Bertz CT molecular complexity index is 1160. The molecule has 0 aliphatic rings. The number of rotatable bonds is 11. The zero-order chi connectivity index (χ0) is 25.3. The minimum Gasteiger partial charge on any atom is -0.395 e. The first-order chi connectivity index (χ1) is 17.6. The van der Waals surface area contributed by atoms with Crippen LogP contribution in [0.15, 0.2) is 84.9 Å². The predicted octanol–water partition coefficient (Wildman–Crippen LogP) is 5.47. The standard InChI is InChI=1S/C32H36N2O2/c1-23-29(27-13-9-25(10-14-27)21-33-17-19-35)5-3-7-31(23)32-8-4-6-30(24(32)2)28-15-11-26(12-16-28)22-34-18-20-36/h3-16,33-36H,17-22H2,1-2H3. The maximum atomic E-state index is 8.96. The topological polar surface area (TPSA) is 64.5 Å². The van der Waals surface area contributed by atoms with E-state index in [1.54, 1.807) is 0 Å². The third kappa shape index (κ3) is 6.10. The summed E-state index contributed by atoms with van der Waals surface area (Å²) in [5.41, 5.74) is 12.4. The molecule has 4 aromatic carbocycles. The normalized spacial score (nSPS) is 11.1. The van der Waals surface area contributed by atoms with Gasteiger partial charge in [-0.1, -0.05) is 84.9 Å². The fourth-order valence-corrected chi connectivity index (χ4v) is 4.71. The Kier molecular flexibility index (Phi) is 9.04. The van der Waals surface area contributed by atoms with Gasteiger partial charge < -0.3 is 20.8 Å². The molecule has 4 aromatic rings. The van der Waals surface area contributed by atoms with Crippen molar-refractivity contribution in [3.63, 3.8) is 0 Å². The summed E-state index contributed by atoms with van der Waals surface area (Å²) in [6.07, 6.45) is 0. The van der Waals surface area contributed by atoms with E-state index in [1.807, 2.05) is 0 Å². The summed E-state index contributed by atoms with van der Waals surface area (Å²) in [6, 6.07) is 30.5. The van der Waals surface area contributed by atoms with Gasteiger partial charge >= 0.3 is 0 Å². The van der Waals surface area contributed by atoms with Gasteiger partial charge in [0.2, 0.25) is 0 Å². The molecule has 0 heterocycles. The van der Waals surface area contributed by atoms with Gasteiger partial charge in [-0.3, -0.25) is 0 Å². The summed E-state index contributed by atoms with van der Waals surface area (Å²) in [7, 11) is 0. The van der Waals surface area contributed by atoms with Crippen LogP contribution in [0.5, 0.6) is 0 Å². The van der Waals surface area contributed by atoms with Crippen molar-refractivity contribution < 1.29 is 10.2 Å². The molecule has 4 rings (SSSR count). The van der Waals surface area contributed by atoms with Gasteiger partial charge in [0, 0.05) is 26.2 Å². The van der Waals surface area contributed by atoms with E-state index in [9.17, 15) is 0 Å². The van der Waals surface area contributed by atoms with E-state index in [0.29, 0.717) is 13.1 Å². The summed E-state index contributed by atoms with van der Waals surface area (Å²) in [6.45, 7) is 7.44. The third-order valence-electron chi connectivity index (χ3n) is 6.72. The fourth-order valence-electron chi connectivity index (χ4n) is 4.71. The summed E-state index contributed by atoms with van der Waals surface area (Å²) in [5.74, 6) is 0. The molecule has 0 aliphatic heterocycles. The average Bonchev–Trinajstić information content (AvgIpc) is 2.91. The van der Waals surface area contributed by atoms with Crippen molar-refractivity contribution in [1.29, 1.82) is 0 Å². The van der Waals surface area contributed by atoms with Crippen molar-refractivity contribution in [2.45, 2.75) is 26.9 Å². The van der Waals surface area contributed by atoms with E-state index in [2.05, 4.69) is 109 Å². The summed E-state index contributed by atoms with van der Waals surface area (Å²) in [4.78, 5) is 0. The van der Waals surface area contributed by atoms with Gasteiger partial charge in [0.05, 0.1) is 13.2 Å². The zero-order valence-electron chi connectivity index (χ0n) is 21.2. The van der Waals surface area contributed by atoms with E-state index < -0.39 is 0 Å². The van der Waals surface area contributed by atoms with Gasteiger partial charge in [0.15, 0.2) is 0 Å². The van der Waals surface area contributed by atoms with Gasteiger partial charge in [0.1, 0.15) is 0 Å². The molecule has 4 heteroatoms. The molecule has 0 spiro atoms. The lowest BCUT2D eigenvalue weighted by molar-refractivity contribution is 0.291. The monoisotopic (exact) mass is 480 g/mol. The molecular weight excluding hydrogens is 444 g/mol. The van der Waals surface area contributed by atoms with Gasteiger partial charge in [0.25, 0.3) is 0 Å². The SMILES string of the molecule is Cc1c(-c2ccc(CNCCO)cc2)cccc1-c1cccc(-c2ccc(CNCCO)cc2)c1C. The minimum atomic E-state index is 0.152. The number of hydrogen-bond donors (Lipinski definition) is 4. The molecule has 186 valence electrons. The highest BCUT2D eigenvalue weighted by molar-refractivity contribution is 5.83. The molecule has 0 aromatic heterocycles. The second kappa shape index (κ2) is 12.6. The Balaban J connectivity index is 1.60. The second-order valence-corrected chi connectivity index (χ2v) is 9.15. The molecule has 4 N–H and O–H groups in total. The highest BCUT2D eigenvalue weighted by Crippen LogP contribution is 2.36. The maximum Gasteiger partial charge on any atom is 0.0556 e. The van der Waals surface area contributed by atoms with Crippen LogP contribution in [-0.4, -0.2) is 36.5 Å². The fraction of sp³-hybridized carbons (Fsp3) is 0.250. The lowest BCUT2D eigenvalue weighted by atomic mass is 9.88. The number of aliphatic hydroxyl groups is 2. The van der Waals surface area contributed by atoms with Crippen LogP contribution < -0.4 is 10.6 Å². The first-order valence-electron chi connectivity index (χ1n) is 12.6. The first-order valence-corrected chi connectivity index (χ1v) is 12.6. The number of benzene rings is 4. The largest absolute Gasteiger partial charge is 0.395 e. The van der Waals surface area contributed by atoms with Crippen molar-refractivity contribution in [3.8, 4) is 33.4 Å². The number of hydrogen-bond acceptors (Lipinski definition) is 4. The molecule has 0 aliphatic carbocycles. The number of aliphatic hydroxyl groups excluding tert-OH is 2. The van der Waals surface area contributed by atoms with Crippen molar-refractivity contribution in [2.24, 2.45) is 0 Å². The molecule has 0 amide bonds. The van der Waals surface area contributed by atoms with Crippen LogP contribution >= 0.6 is 0 Å². The molecule has 0 saturated heterocycles. The smallest absolute Gasteiger partial charge is 0.0556 e. The van der Waals surface area contributed by atoms with Crippen molar-refractivity contribution in [1.82, 2.24) is 10.6 Å². The van der Waals surface area contributed by atoms with Gasteiger partial charge in [-0.15, -0.1) is 0 Å². The summed E-state index contributed by atoms with van der Waals surface area (Å²) < 4.78 is 0. The predicted molar refractivity (Wildman–Crippen MR) is 150 cm³/mol. The minimum absolute atomic E-state index is 0.152. The van der Waals surface area contributed by atoms with Crippen LogP contribution in [0.4, 0.5) is 0 Å². The van der Waals surface area contributed by atoms with Crippen molar-refractivity contribution in [2.75, 3.05) is 26.3 Å². The Morgan fingerprint density at radius 3 is 1.22 bits per heavy atom. The molecule has 0 unspecified atom stereocenters. The van der Waals surface area contributed by atoms with Crippen LogP contribution in [0.25, 0.3) is 33.4 Å². The summed E-state index contributed by atoms with van der Waals surface area (Å²) >= 11 is 0. The molecule has 36 heavy (non-hydrogen) atoms. The average molecular weight is 481 g/mol.